The van der Waals surface area contributed by atoms with Crippen LogP contribution in [0.1, 0.15) is 5.56 Å². The monoisotopic (exact) mass is 438 g/mol. The summed E-state index contributed by atoms with van der Waals surface area (Å²) in [5.74, 6) is 0.885. The average molecular weight is 439 g/mol. The van der Waals surface area contributed by atoms with Gasteiger partial charge in [-0.25, -0.2) is 8.42 Å². The minimum atomic E-state index is -4.10. The topological polar surface area (TPSA) is 57.2 Å². The number of hydrogen-bond acceptors (Lipinski definition) is 7. The van der Waals surface area contributed by atoms with E-state index in [4.69, 9.17) is 0 Å². The SMILES string of the molecule is O=S(=O)([O-])CCSCCc1cc(-c2cccs2)sc1-c1cccs1.[Na+]. The maximum Gasteiger partial charge on any atom is 1.00 e. The molecule has 3 aromatic rings. The molecule has 3 rings (SSSR count). The second kappa shape index (κ2) is 10.1. The molecule has 0 bridgehead atoms. The molecule has 0 aliphatic rings. The van der Waals surface area contributed by atoms with E-state index in [2.05, 4.69) is 41.1 Å². The maximum absolute atomic E-state index is 10.6. The van der Waals surface area contributed by atoms with Crippen LogP contribution in [0, 0.1) is 0 Å². The van der Waals surface area contributed by atoms with Crippen molar-refractivity contribution in [3.05, 3.63) is 46.7 Å². The van der Waals surface area contributed by atoms with Crippen LogP contribution in [0.4, 0.5) is 0 Å². The number of aryl methyl sites for hydroxylation is 1. The van der Waals surface area contributed by atoms with Crippen molar-refractivity contribution in [2.75, 3.05) is 17.3 Å². The molecule has 0 aromatic carbocycles. The molecular weight excluding hydrogens is 423 g/mol. The van der Waals surface area contributed by atoms with Gasteiger partial charge >= 0.3 is 29.6 Å². The summed E-state index contributed by atoms with van der Waals surface area (Å²) in [6.45, 7) is 0. The molecule has 9 heteroatoms. The number of rotatable bonds is 8. The van der Waals surface area contributed by atoms with Crippen LogP contribution in [-0.4, -0.2) is 30.2 Å². The normalized spacial score (nSPS) is 11.4. The summed E-state index contributed by atoms with van der Waals surface area (Å²) in [6.07, 6.45) is 0.874. The van der Waals surface area contributed by atoms with Gasteiger partial charge in [-0.05, 0) is 46.7 Å². The average Bonchev–Trinajstić information content (AvgIpc) is 3.26. The molecule has 0 amide bonds. The zero-order valence-corrected chi connectivity index (χ0v) is 19.7. The van der Waals surface area contributed by atoms with Gasteiger partial charge in [-0.2, -0.15) is 11.8 Å². The Morgan fingerprint density at radius 2 is 1.68 bits per heavy atom. The van der Waals surface area contributed by atoms with Gasteiger partial charge in [0.2, 0.25) is 0 Å². The number of thiophene rings is 3. The standard InChI is InChI=1S/C16H16O3S5.Na/c17-24(18,19)10-9-20-8-5-12-11-15(13-3-1-6-21-13)23-16(12)14-4-2-7-22-14;/h1-4,6-7,11H,5,8-10H2,(H,17,18,19);/q;+1/p-1. The Balaban J connectivity index is 0.00000225. The molecule has 3 nitrogen and oxygen atoms in total. The molecule has 0 radical (unpaired) electrons. The van der Waals surface area contributed by atoms with Crippen molar-refractivity contribution in [3.8, 4) is 19.5 Å². The molecule has 0 aliphatic heterocycles. The molecule has 0 fully saturated rings. The molecule has 25 heavy (non-hydrogen) atoms. The summed E-state index contributed by atoms with van der Waals surface area (Å²) < 4.78 is 31.9. The van der Waals surface area contributed by atoms with Crippen LogP contribution < -0.4 is 29.6 Å². The second-order valence-electron chi connectivity index (χ2n) is 5.04. The van der Waals surface area contributed by atoms with E-state index in [1.54, 1.807) is 22.7 Å². The molecule has 0 saturated carbocycles. The smallest absolute Gasteiger partial charge is 0.748 e. The Morgan fingerprint density at radius 3 is 2.28 bits per heavy atom. The predicted octanol–water partition coefficient (Wildman–Crippen LogP) is 2.03. The van der Waals surface area contributed by atoms with Crippen LogP contribution in [0.15, 0.2) is 41.1 Å². The summed E-state index contributed by atoms with van der Waals surface area (Å²) in [6, 6.07) is 10.6. The fraction of sp³-hybridized carbons (Fsp3) is 0.250. The fourth-order valence-corrected chi connectivity index (χ4v) is 7.00. The van der Waals surface area contributed by atoms with E-state index >= 15 is 0 Å². The molecule has 0 N–H and O–H groups in total. The molecule has 128 valence electrons. The summed E-state index contributed by atoms with van der Waals surface area (Å²) in [7, 11) is -4.10. The first-order chi connectivity index (χ1) is 11.5. The van der Waals surface area contributed by atoms with E-state index in [9.17, 15) is 13.0 Å². The molecule has 0 saturated heterocycles. The van der Waals surface area contributed by atoms with E-state index in [-0.39, 0.29) is 35.3 Å². The van der Waals surface area contributed by atoms with Crippen LogP contribution >= 0.6 is 45.8 Å². The van der Waals surface area contributed by atoms with Gasteiger partial charge in [0.1, 0.15) is 0 Å². The van der Waals surface area contributed by atoms with Crippen molar-refractivity contribution >= 4 is 55.9 Å². The van der Waals surface area contributed by atoms with Crippen LogP contribution in [0.5, 0.6) is 0 Å². The largest absolute Gasteiger partial charge is 1.00 e. The summed E-state index contributed by atoms with van der Waals surface area (Å²) in [4.78, 5) is 5.11. The number of thioether (sulfide) groups is 1. The van der Waals surface area contributed by atoms with Gasteiger partial charge in [-0.15, -0.1) is 34.0 Å². The minimum absolute atomic E-state index is 0. The maximum atomic E-state index is 10.6. The van der Waals surface area contributed by atoms with Crippen molar-refractivity contribution in [1.29, 1.82) is 0 Å². The molecule has 0 unspecified atom stereocenters. The third-order valence-electron chi connectivity index (χ3n) is 3.31. The quantitative estimate of drug-likeness (QED) is 0.307. The Kier molecular flexibility index (Phi) is 8.71. The Hall–Kier alpha value is 0.360. The molecule has 3 heterocycles. The molecular formula is C16H15NaO3S5. The van der Waals surface area contributed by atoms with Crippen molar-refractivity contribution < 1.29 is 42.5 Å². The summed E-state index contributed by atoms with van der Waals surface area (Å²) >= 11 is 6.80. The van der Waals surface area contributed by atoms with Crippen molar-refractivity contribution in [2.45, 2.75) is 6.42 Å². The zero-order chi connectivity index (χ0) is 17.0. The fourth-order valence-electron chi connectivity index (χ4n) is 2.22. The zero-order valence-electron chi connectivity index (χ0n) is 13.6. The van der Waals surface area contributed by atoms with Gasteiger partial charge in [0.25, 0.3) is 0 Å². The summed E-state index contributed by atoms with van der Waals surface area (Å²) in [5.41, 5.74) is 1.29. The van der Waals surface area contributed by atoms with E-state index < -0.39 is 10.1 Å². The first kappa shape index (κ1) is 21.7. The van der Waals surface area contributed by atoms with Crippen LogP contribution in [0.25, 0.3) is 19.5 Å². The Bertz CT molecular complexity index is 867. The number of hydrogen-bond donors (Lipinski definition) is 0. The predicted molar refractivity (Wildman–Crippen MR) is 107 cm³/mol. The minimum Gasteiger partial charge on any atom is -0.748 e. The van der Waals surface area contributed by atoms with Gasteiger partial charge in [-0.3, -0.25) is 0 Å². The molecule has 0 atom stereocenters. The Morgan fingerprint density at radius 1 is 1.00 bits per heavy atom. The van der Waals surface area contributed by atoms with Gasteiger partial charge in [0, 0.05) is 31.0 Å². The third-order valence-corrected chi connectivity index (χ3v) is 8.55. The third kappa shape index (κ3) is 6.48. The van der Waals surface area contributed by atoms with Gasteiger partial charge in [0.05, 0.1) is 10.1 Å². The van der Waals surface area contributed by atoms with E-state index in [1.807, 2.05) is 11.3 Å². The first-order valence-electron chi connectivity index (χ1n) is 7.25. The van der Waals surface area contributed by atoms with Crippen molar-refractivity contribution in [3.63, 3.8) is 0 Å². The molecule has 0 aliphatic carbocycles. The van der Waals surface area contributed by atoms with E-state index in [1.165, 1.54) is 36.8 Å². The van der Waals surface area contributed by atoms with Crippen LogP contribution in [0.3, 0.4) is 0 Å². The van der Waals surface area contributed by atoms with Crippen LogP contribution in [0.2, 0.25) is 0 Å². The summed E-state index contributed by atoms with van der Waals surface area (Å²) in [5, 5.41) is 4.16. The second-order valence-corrected chi connectivity index (χ2v) is 10.7. The van der Waals surface area contributed by atoms with Crippen molar-refractivity contribution in [2.24, 2.45) is 0 Å². The molecule has 0 spiro atoms. The van der Waals surface area contributed by atoms with E-state index in [0.717, 1.165) is 12.2 Å². The first-order valence-corrected chi connectivity index (χ1v) is 12.6. The Labute approximate surface area is 186 Å². The van der Waals surface area contributed by atoms with Crippen molar-refractivity contribution in [1.82, 2.24) is 0 Å². The van der Waals surface area contributed by atoms with Gasteiger partial charge in [-0.1, -0.05) is 12.1 Å². The van der Waals surface area contributed by atoms with Gasteiger partial charge in [0.15, 0.2) is 0 Å². The molecule has 3 aromatic heterocycles. The van der Waals surface area contributed by atoms with Crippen LogP contribution in [-0.2, 0) is 16.5 Å². The van der Waals surface area contributed by atoms with Gasteiger partial charge < -0.3 is 4.55 Å². The van der Waals surface area contributed by atoms with E-state index in [0.29, 0.717) is 5.75 Å².